The zero-order valence-electron chi connectivity index (χ0n) is 51.0. The van der Waals surface area contributed by atoms with E-state index in [1.807, 2.05) is 18.2 Å². The summed E-state index contributed by atoms with van der Waals surface area (Å²) in [6, 6.07) is 5.51. The Balaban J connectivity index is 2.02. The topological polar surface area (TPSA) is 165 Å². The third-order valence-corrected chi connectivity index (χ3v) is 14.5. The van der Waals surface area contributed by atoms with E-state index in [4.69, 9.17) is 33.2 Å². The number of nitrogens with one attached hydrogen (secondary N) is 1. The van der Waals surface area contributed by atoms with Crippen LogP contribution in [0.25, 0.3) is 0 Å². The maximum Gasteiger partial charge on any atom is 0.407 e. The van der Waals surface area contributed by atoms with E-state index in [2.05, 4.69) is 69.1 Å². The Hall–Kier alpha value is -4.27. The first-order valence-corrected chi connectivity index (χ1v) is 32.1. The monoisotopic (exact) mass is 1120 g/mol. The van der Waals surface area contributed by atoms with Crippen LogP contribution in [0.3, 0.4) is 0 Å². The van der Waals surface area contributed by atoms with Gasteiger partial charge in [0.05, 0.1) is 18.9 Å². The Morgan fingerprint density at radius 3 is 1.55 bits per heavy atom. The lowest BCUT2D eigenvalue weighted by atomic mass is 9.95. The molecule has 0 aliphatic carbocycles. The third-order valence-electron chi connectivity index (χ3n) is 14.5. The number of unbranched alkanes of at least 4 members (excludes halogenated alkanes) is 15. The van der Waals surface area contributed by atoms with Gasteiger partial charge in [0.15, 0.2) is 6.29 Å². The Morgan fingerprint density at radius 1 is 0.500 bits per heavy atom. The van der Waals surface area contributed by atoms with Crippen molar-refractivity contribution in [3.8, 4) is 0 Å². The summed E-state index contributed by atoms with van der Waals surface area (Å²) in [6.45, 7) is 15.6. The van der Waals surface area contributed by atoms with Crippen LogP contribution in [0, 0.1) is 5.92 Å². The number of esters is 4. The zero-order valence-corrected chi connectivity index (χ0v) is 51.0. The van der Waals surface area contributed by atoms with Crippen LogP contribution < -0.4 is 5.32 Å². The molecular formula is C66H112N2O12. The lowest BCUT2D eigenvalue weighted by Crippen LogP contribution is -2.35. The van der Waals surface area contributed by atoms with Gasteiger partial charge in [0, 0.05) is 45.6 Å². The van der Waals surface area contributed by atoms with Gasteiger partial charge in [-0.2, -0.15) is 0 Å². The maximum absolute atomic E-state index is 13.3. The van der Waals surface area contributed by atoms with Crippen molar-refractivity contribution >= 4 is 30.0 Å². The second-order valence-corrected chi connectivity index (χ2v) is 21.9. The van der Waals surface area contributed by atoms with Crippen LogP contribution in [0.15, 0.2) is 42.5 Å². The lowest BCUT2D eigenvalue weighted by molar-refractivity contribution is -0.160. The summed E-state index contributed by atoms with van der Waals surface area (Å²) >= 11 is 0. The summed E-state index contributed by atoms with van der Waals surface area (Å²) in [7, 11) is 0. The van der Waals surface area contributed by atoms with E-state index in [0.717, 1.165) is 161 Å². The molecule has 1 N–H and O–H groups in total. The number of rotatable bonds is 52. The van der Waals surface area contributed by atoms with Crippen LogP contribution in [0.4, 0.5) is 4.79 Å². The van der Waals surface area contributed by atoms with Gasteiger partial charge >= 0.3 is 30.0 Å². The van der Waals surface area contributed by atoms with Crippen LogP contribution >= 0.6 is 0 Å². The Morgan fingerprint density at radius 2 is 0.988 bits per heavy atom. The highest BCUT2D eigenvalue weighted by atomic mass is 16.7. The van der Waals surface area contributed by atoms with Gasteiger partial charge in [-0.1, -0.05) is 136 Å². The fourth-order valence-electron chi connectivity index (χ4n) is 9.67. The van der Waals surface area contributed by atoms with Crippen LogP contribution in [-0.2, 0) is 72.2 Å². The van der Waals surface area contributed by atoms with Gasteiger partial charge in [0.1, 0.15) is 25.9 Å². The molecule has 0 radical (unpaired) electrons. The highest BCUT2D eigenvalue weighted by Gasteiger charge is 2.21. The Kier molecular flexibility index (Phi) is 45.3. The molecule has 2 atom stereocenters. The average molecular weight is 1130 g/mol. The van der Waals surface area contributed by atoms with Crippen molar-refractivity contribution in [2.45, 2.75) is 279 Å². The molecule has 2 rings (SSSR count). The molecule has 1 aromatic carbocycles. The molecule has 1 amide bonds. The molecule has 1 heterocycles. The molecule has 0 saturated carbocycles. The summed E-state index contributed by atoms with van der Waals surface area (Å²) in [6.07, 6.45) is 36.4. The molecule has 14 nitrogen and oxygen atoms in total. The van der Waals surface area contributed by atoms with Gasteiger partial charge < -0.3 is 43.4 Å². The second kappa shape index (κ2) is 50.5. The minimum atomic E-state index is -0.515. The Labute approximate surface area is 485 Å². The molecule has 1 aliphatic rings. The maximum atomic E-state index is 13.3. The zero-order chi connectivity index (χ0) is 57.9. The van der Waals surface area contributed by atoms with Gasteiger partial charge in [-0.05, 0) is 157 Å². The van der Waals surface area contributed by atoms with Crippen molar-refractivity contribution in [1.29, 1.82) is 0 Å². The van der Waals surface area contributed by atoms with E-state index in [0.29, 0.717) is 68.7 Å². The number of carbonyl (C=O) groups excluding carboxylic acids is 5. The SMILES string of the molecule is CC/C=C\CCCCOC(CCC(=O)OCc1cc(COC(=O)CCCCCCCOC(=O)C(CCCC)CCCCCC)cc(COC(=O)CCC(CCCCCC)OC(=O)NCCN2CCCC2)c1)OCCCC/C=C\CC. The Bertz CT molecular complexity index is 1770. The number of carbonyl (C=O) groups is 5. The third kappa shape index (κ3) is 40.0. The molecule has 80 heavy (non-hydrogen) atoms. The number of alkyl carbamates (subject to hydrolysis) is 1. The molecule has 1 fully saturated rings. The standard InChI is InChI=1S/C66H112N2O12/c1-6-11-16-20-24-32-47-74-64(75-48-33-25-21-17-12-7-2)42-41-63(71)79-55-58-51-56(53-77-61(69)38-29-23-22-26-34-49-76-65(72)59(35-15-10-5)36-27-18-13-8-3)50-57(52-58)54-78-62(70)40-39-60(37-28-19-14-9-4)80-66(73)67-43-46-68-44-30-31-45-68/h11-12,16-17,50-52,59-60,64H,6-10,13-15,18-49,53-55H2,1-5H3,(H,67,73)/b16-11-,17-12-. The van der Waals surface area contributed by atoms with Gasteiger partial charge in [-0.3, -0.25) is 19.2 Å². The molecule has 458 valence electrons. The molecule has 14 heteroatoms. The number of benzene rings is 1. The normalized spacial score (nSPS) is 13.5. The van der Waals surface area contributed by atoms with Crippen LogP contribution in [-0.4, -0.2) is 93.3 Å². The first-order chi connectivity index (χ1) is 39.1. The second-order valence-electron chi connectivity index (χ2n) is 21.9. The molecule has 2 unspecified atom stereocenters. The van der Waals surface area contributed by atoms with Crippen LogP contribution in [0.2, 0.25) is 0 Å². The number of nitrogens with zero attached hydrogens (tertiary/aromatic N) is 1. The summed E-state index contributed by atoms with van der Waals surface area (Å²) in [4.78, 5) is 67.5. The smallest absolute Gasteiger partial charge is 0.407 e. The number of allylic oxidation sites excluding steroid dienone is 4. The fourth-order valence-corrected chi connectivity index (χ4v) is 9.67. The van der Waals surface area contributed by atoms with E-state index in [1.54, 1.807) is 0 Å². The lowest BCUT2D eigenvalue weighted by Gasteiger charge is -2.19. The van der Waals surface area contributed by atoms with E-state index in [-0.39, 0.29) is 56.9 Å². The van der Waals surface area contributed by atoms with Crippen LogP contribution in [0.1, 0.15) is 263 Å². The minimum absolute atomic E-state index is 0.00206. The summed E-state index contributed by atoms with van der Waals surface area (Å²) in [5, 5.41) is 2.89. The molecule has 1 aliphatic heterocycles. The van der Waals surface area contributed by atoms with E-state index in [1.165, 1.54) is 25.7 Å². The minimum Gasteiger partial charge on any atom is -0.465 e. The highest BCUT2D eigenvalue weighted by Crippen LogP contribution is 2.21. The molecule has 1 aromatic rings. The summed E-state index contributed by atoms with van der Waals surface area (Å²) < 4.78 is 41.1. The number of ether oxygens (including phenoxy) is 7. The summed E-state index contributed by atoms with van der Waals surface area (Å²) in [5.74, 6) is -1.17. The van der Waals surface area contributed by atoms with Gasteiger partial charge in [-0.25, -0.2) is 4.79 Å². The number of hydrogen-bond donors (Lipinski definition) is 1. The first kappa shape index (κ1) is 71.8. The van der Waals surface area contributed by atoms with Crippen molar-refractivity contribution in [3.05, 3.63) is 59.2 Å². The average Bonchev–Trinajstić information content (AvgIpc) is 3.99. The number of likely N-dealkylation sites (tertiary alicyclic amines) is 1. The highest BCUT2D eigenvalue weighted by molar-refractivity contribution is 5.72. The molecule has 0 aromatic heterocycles. The van der Waals surface area contributed by atoms with Crippen molar-refractivity contribution in [1.82, 2.24) is 10.2 Å². The van der Waals surface area contributed by atoms with Crippen molar-refractivity contribution < 1.29 is 57.1 Å². The van der Waals surface area contributed by atoms with Gasteiger partial charge in [-0.15, -0.1) is 0 Å². The van der Waals surface area contributed by atoms with E-state index < -0.39 is 30.4 Å². The number of hydrogen-bond acceptors (Lipinski definition) is 13. The quantitative estimate of drug-likeness (QED) is 0.0216. The predicted molar refractivity (Wildman–Crippen MR) is 320 cm³/mol. The molecular weight excluding hydrogens is 1010 g/mol. The van der Waals surface area contributed by atoms with Crippen molar-refractivity contribution in [2.75, 3.05) is 46.0 Å². The van der Waals surface area contributed by atoms with Crippen molar-refractivity contribution in [2.24, 2.45) is 5.92 Å². The van der Waals surface area contributed by atoms with Crippen LogP contribution in [0.5, 0.6) is 0 Å². The summed E-state index contributed by atoms with van der Waals surface area (Å²) in [5.41, 5.74) is 2.01. The molecule has 0 spiro atoms. The first-order valence-electron chi connectivity index (χ1n) is 32.1. The van der Waals surface area contributed by atoms with Gasteiger partial charge in [0.2, 0.25) is 0 Å². The van der Waals surface area contributed by atoms with Crippen molar-refractivity contribution in [3.63, 3.8) is 0 Å². The largest absolute Gasteiger partial charge is 0.465 e. The fraction of sp³-hybridized carbons (Fsp3) is 0.773. The van der Waals surface area contributed by atoms with E-state index >= 15 is 0 Å². The predicted octanol–water partition coefficient (Wildman–Crippen LogP) is 15.8. The van der Waals surface area contributed by atoms with Gasteiger partial charge in [0.25, 0.3) is 0 Å². The van der Waals surface area contributed by atoms with E-state index in [9.17, 15) is 24.0 Å². The number of amides is 1. The molecule has 0 bridgehead atoms. The molecule has 1 saturated heterocycles.